The van der Waals surface area contributed by atoms with Crippen LogP contribution in [0.1, 0.15) is 33.1 Å². The molecule has 0 aromatic carbocycles. The zero-order valence-corrected chi connectivity index (χ0v) is 9.86. The summed E-state index contributed by atoms with van der Waals surface area (Å²) in [7, 11) is 0. The van der Waals surface area contributed by atoms with Gasteiger partial charge in [-0.05, 0) is 18.9 Å². The maximum absolute atomic E-state index is 12.0. The summed E-state index contributed by atoms with van der Waals surface area (Å²) in [5.74, 6) is 0.310. The maximum atomic E-state index is 12.0. The standard InChI is InChI=1S/C14H17NO/c1-4-10-5-7-12(15-3)11-6-8-13(16)14(11,2)9-10/h5-6,8,11-12H,4,7,9H2,1-2H3/t11-,12-,14+/m1/s1. The van der Waals surface area contributed by atoms with Crippen LogP contribution in [-0.4, -0.2) is 11.8 Å². The molecule has 2 aliphatic carbocycles. The number of nitrogens with zero attached hydrogens (tertiary/aromatic N) is 1. The lowest BCUT2D eigenvalue weighted by Crippen LogP contribution is -2.34. The molecule has 0 aliphatic heterocycles. The van der Waals surface area contributed by atoms with Crippen LogP contribution in [0.15, 0.2) is 23.8 Å². The van der Waals surface area contributed by atoms with E-state index in [0.717, 1.165) is 19.3 Å². The minimum atomic E-state index is -0.354. The second-order valence-electron chi connectivity index (χ2n) is 4.99. The van der Waals surface area contributed by atoms with Crippen molar-refractivity contribution in [1.29, 1.82) is 0 Å². The summed E-state index contributed by atoms with van der Waals surface area (Å²) in [6, 6.07) is -0.0586. The Kier molecular flexibility index (Phi) is 2.71. The van der Waals surface area contributed by atoms with Gasteiger partial charge in [-0.3, -0.25) is 4.79 Å². The second-order valence-corrected chi connectivity index (χ2v) is 4.99. The minimum absolute atomic E-state index is 0.0586. The highest BCUT2D eigenvalue weighted by Crippen LogP contribution is 2.46. The molecule has 2 heteroatoms. The van der Waals surface area contributed by atoms with Gasteiger partial charge in [0.2, 0.25) is 6.04 Å². The Labute approximate surface area is 96.9 Å². The summed E-state index contributed by atoms with van der Waals surface area (Å²) in [5.41, 5.74) is 0.976. The monoisotopic (exact) mass is 215 g/mol. The van der Waals surface area contributed by atoms with Gasteiger partial charge in [0.05, 0.1) is 5.92 Å². The van der Waals surface area contributed by atoms with Crippen LogP contribution in [0.2, 0.25) is 0 Å². The van der Waals surface area contributed by atoms with E-state index < -0.39 is 0 Å². The Balaban J connectivity index is 2.40. The molecule has 0 heterocycles. The topological polar surface area (TPSA) is 21.4 Å². The largest absolute Gasteiger partial charge is 0.313 e. The minimum Gasteiger partial charge on any atom is -0.313 e. The molecule has 2 rings (SSSR count). The molecule has 84 valence electrons. The van der Waals surface area contributed by atoms with Gasteiger partial charge in [0.15, 0.2) is 5.78 Å². The molecule has 0 saturated heterocycles. The molecule has 0 bridgehead atoms. The summed E-state index contributed by atoms with van der Waals surface area (Å²) < 4.78 is 0. The van der Waals surface area contributed by atoms with Crippen molar-refractivity contribution in [2.24, 2.45) is 11.3 Å². The van der Waals surface area contributed by atoms with E-state index in [0.29, 0.717) is 0 Å². The molecular formula is C14H17NO. The molecule has 0 N–H and O–H groups in total. The fourth-order valence-corrected chi connectivity index (χ4v) is 2.90. The predicted molar refractivity (Wildman–Crippen MR) is 63.7 cm³/mol. The predicted octanol–water partition coefficient (Wildman–Crippen LogP) is 3.17. The zero-order chi connectivity index (χ0) is 11.8. The summed E-state index contributed by atoms with van der Waals surface area (Å²) in [6.07, 6.45) is 8.42. The Morgan fingerprint density at radius 1 is 1.62 bits per heavy atom. The van der Waals surface area contributed by atoms with Gasteiger partial charge in [-0.25, -0.2) is 6.57 Å². The van der Waals surface area contributed by atoms with Crippen molar-refractivity contribution in [2.45, 2.75) is 39.2 Å². The molecule has 3 atom stereocenters. The van der Waals surface area contributed by atoms with Crippen molar-refractivity contribution in [3.05, 3.63) is 35.2 Å². The van der Waals surface area contributed by atoms with Crippen LogP contribution < -0.4 is 0 Å². The summed E-state index contributed by atoms with van der Waals surface area (Å²) >= 11 is 0. The van der Waals surface area contributed by atoms with Gasteiger partial charge < -0.3 is 4.85 Å². The summed E-state index contributed by atoms with van der Waals surface area (Å²) in [5, 5.41) is 0. The van der Waals surface area contributed by atoms with Crippen molar-refractivity contribution in [2.75, 3.05) is 0 Å². The van der Waals surface area contributed by atoms with Crippen molar-refractivity contribution in [1.82, 2.24) is 0 Å². The number of hydrogen-bond donors (Lipinski definition) is 0. The van der Waals surface area contributed by atoms with Gasteiger partial charge in [-0.2, -0.15) is 0 Å². The van der Waals surface area contributed by atoms with Gasteiger partial charge in [0.1, 0.15) is 0 Å². The van der Waals surface area contributed by atoms with Crippen LogP contribution in [0.4, 0.5) is 0 Å². The lowest BCUT2D eigenvalue weighted by Gasteiger charge is -2.28. The second kappa shape index (κ2) is 3.90. The number of fused-ring (bicyclic) bond motifs is 1. The molecule has 2 aliphatic rings. The molecule has 0 saturated carbocycles. The van der Waals surface area contributed by atoms with Crippen LogP contribution in [0.5, 0.6) is 0 Å². The van der Waals surface area contributed by atoms with Crippen molar-refractivity contribution in [3.8, 4) is 0 Å². The maximum Gasteiger partial charge on any atom is 0.234 e. The first-order chi connectivity index (χ1) is 7.61. The Hall–Kier alpha value is -1.36. The molecule has 0 spiro atoms. The van der Waals surface area contributed by atoms with Crippen LogP contribution >= 0.6 is 0 Å². The summed E-state index contributed by atoms with van der Waals surface area (Å²) in [6.45, 7) is 11.4. The van der Waals surface area contributed by atoms with Crippen LogP contribution in [0.25, 0.3) is 4.85 Å². The first kappa shape index (κ1) is 11.1. The summed E-state index contributed by atoms with van der Waals surface area (Å²) in [4.78, 5) is 15.7. The van der Waals surface area contributed by atoms with Crippen molar-refractivity contribution < 1.29 is 4.79 Å². The molecular weight excluding hydrogens is 198 g/mol. The van der Waals surface area contributed by atoms with E-state index in [4.69, 9.17) is 6.57 Å². The Morgan fingerprint density at radius 3 is 3.00 bits per heavy atom. The lowest BCUT2D eigenvalue weighted by atomic mass is 9.72. The van der Waals surface area contributed by atoms with Gasteiger partial charge in [0.25, 0.3) is 0 Å². The molecule has 16 heavy (non-hydrogen) atoms. The number of carbonyl (C=O) groups excluding carboxylic acids is 1. The third-order valence-electron chi connectivity index (χ3n) is 4.03. The average Bonchev–Trinajstić information content (AvgIpc) is 2.49. The number of carbonyl (C=O) groups is 1. The zero-order valence-electron chi connectivity index (χ0n) is 9.86. The number of hydrogen-bond acceptors (Lipinski definition) is 1. The van der Waals surface area contributed by atoms with E-state index in [2.05, 4.69) is 17.8 Å². The van der Waals surface area contributed by atoms with Crippen molar-refractivity contribution in [3.63, 3.8) is 0 Å². The third-order valence-corrected chi connectivity index (χ3v) is 4.03. The van der Waals surface area contributed by atoms with Gasteiger partial charge in [-0.1, -0.05) is 31.6 Å². The van der Waals surface area contributed by atoms with E-state index in [1.54, 1.807) is 6.08 Å². The molecule has 0 aromatic rings. The normalized spacial score (nSPS) is 37.6. The Morgan fingerprint density at radius 2 is 2.38 bits per heavy atom. The van der Waals surface area contributed by atoms with Gasteiger partial charge in [0, 0.05) is 11.8 Å². The van der Waals surface area contributed by atoms with E-state index >= 15 is 0 Å². The highest BCUT2D eigenvalue weighted by Gasteiger charge is 2.49. The fraction of sp³-hybridized carbons (Fsp3) is 0.571. The Bertz CT molecular complexity index is 413. The molecule has 2 nitrogen and oxygen atoms in total. The fourth-order valence-electron chi connectivity index (χ4n) is 2.90. The average molecular weight is 215 g/mol. The van der Waals surface area contributed by atoms with E-state index in [-0.39, 0.29) is 23.2 Å². The number of allylic oxidation sites excluding steroid dienone is 2. The van der Waals surface area contributed by atoms with Gasteiger partial charge >= 0.3 is 0 Å². The first-order valence-electron chi connectivity index (χ1n) is 5.89. The van der Waals surface area contributed by atoms with Gasteiger partial charge in [-0.15, -0.1) is 0 Å². The SMILES string of the molecule is [C-]#[N+][C@@H]1CC=C(CC)C[C@]2(C)C(=O)C=C[C@H]12. The highest BCUT2D eigenvalue weighted by molar-refractivity contribution is 5.98. The van der Waals surface area contributed by atoms with Crippen LogP contribution in [-0.2, 0) is 4.79 Å². The number of ketones is 1. The smallest absolute Gasteiger partial charge is 0.234 e. The van der Waals surface area contributed by atoms with Crippen LogP contribution in [0, 0.1) is 17.9 Å². The van der Waals surface area contributed by atoms with E-state index in [1.165, 1.54) is 5.57 Å². The van der Waals surface area contributed by atoms with Crippen molar-refractivity contribution >= 4 is 5.78 Å². The molecule has 0 unspecified atom stereocenters. The number of rotatable bonds is 1. The third kappa shape index (κ3) is 1.51. The lowest BCUT2D eigenvalue weighted by molar-refractivity contribution is -0.123. The molecule has 0 aromatic heterocycles. The first-order valence-corrected chi connectivity index (χ1v) is 5.89. The van der Waals surface area contributed by atoms with Crippen LogP contribution in [0.3, 0.4) is 0 Å². The molecule has 0 radical (unpaired) electrons. The van der Waals surface area contributed by atoms with E-state index in [9.17, 15) is 4.79 Å². The molecule has 0 fully saturated rings. The molecule has 0 amide bonds. The highest BCUT2D eigenvalue weighted by atomic mass is 16.1. The quantitative estimate of drug-likeness (QED) is 0.486. The van der Waals surface area contributed by atoms with E-state index in [1.807, 2.05) is 13.0 Å².